The fourth-order valence-corrected chi connectivity index (χ4v) is 2.94. The highest BCUT2D eigenvalue weighted by Gasteiger charge is 2.27. The Morgan fingerprint density at radius 3 is 3.31 bits per heavy atom. The molecule has 0 aliphatic heterocycles. The van der Waals surface area contributed by atoms with Crippen molar-refractivity contribution in [2.75, 3.05) is 12.0 Å². The number of pyridine rings is 1. The fourth-order valence-electron chi connectivity index (χ4n) is 2.46. The van der Waals surface area contributed by atoms with E-state index in [0.717, 1.165) is 30.7 Å². The van der Waals surface area contributed by atoms with Crippen LogP contribution in [0.1, 0.15) is 36.4 Å². The van der Waals surface area contributed by atoms with E-state index in [-0.39, 0.29) is 12.0 Å². The van der Waals surface area contributed by atoms with Crippen molar-refractivity contribution < 1.29 is 5.11 Å². The lowest BCUT2D eigenvalue weighted by molar-refractivity contribution is 0.129. The average molecular weight is 237 g/mol. The Bertz CT molecular complexity index is 342. The lowest BCUT2D eigenvalue weighted by Crippen LogP contribution is -2.24. The van der Waals surface area contributed by atoms with Gasteiger partial charge in [-0.05, 0) is 49.3 Å². The minimum Gasteiger partial charge on any atom is -0.392 e. The van der Waals surface area contributed by atoms with Gasteiger partial charge in [0.25, 0.3) is 0 Å². The first-order valence-corrected chi connectivity index (χ1v) is 7.33. The summed E-state index contributed by atoms with van der Waals surface area (Å²) in [4.78, 5) is 4.46. The Morgan fingerprint density at radius 2 is 2.50 bits per heavy atom. The molecule has 2 nitrogen and oxygen atoms in total. The van der Waals surface area contributed by atoms with Crippen LogP contribution in [0.2, 0.25) is 0 Å². The van der Waals surface area contributed by atoms with Crippen LogP contribution in [0.5, 0.6) is 0 Å². The molecule has 1 aromatic rings. The summed E-state index contributed by atoms with van der Waals surface area (Å²) in [6, 6.07) is 4.14. The van der Waals surface area contributed by atoms with E-state index in [9.17, 15) is 5.11 Å². The van der Waals surface area contributed by atoms with E-state index in [1.165, 1.54) is 12.0 Å². The van der Waals surface area contributed by atoms with E-state index in [2.05, 4.69) is 17.3 Å². The molecule has 1 aliphatic rings. The van der Waals surface area contributed by atoms with Crippen molar-refractivity contribution >= 4 is 11.8 Å². The van der Waals surface area contributed by atoms with Gasteiger partial charge in [0.2, 0.25) is 0 Å². The molecular formula is C13H19NOS. The van der Waals surface area contributed by atoms with Gasteiger partial charge >= 0.3 is 0 Å². The summed E-state index contributed by atoms with van der Waals surface area (Å²) < 4.78 is 0. The number of aliphatic hydroxyl groups excluding tert-OH is 1. The number of rotatable bonds is 4. The number of nitrogens with zero attached hydrogens (tertiary/aromatic N) is 1. The molecule has 0 amide bonds. The molecule has 2 atom stereocenters. The summed E-state index contributed by atoms with van der Waals surface area (Å²) in [5.74, 6) is 1.29. The van der Waals surface area contributed by atoms with Crippen LogP contribution in [-0.4, -0.2) is 28.2 Å². The normalized spacial score (nSPS) is 21.5. The second kappa shape index (κ2) is 5.69. The van der Waals surface area contributed by atoms with Gasteiger partial charge in [0.15, 0.2) is 0 Å². The number of aryl methyl sites for hydroxylation is 1. The first-order chi connectivity index (χ1) is 7.83. The molecule has 16 heavy (non-hydrogen) atoms. The van der Waals surface area contributed by atoms with Gasteiger partial charge in [-0.15, -0.1) is 0 Å². The Kier molecular flexibility index (Phi) is 4.24. The third-order valence-electron chi connectivity index (χ3n) is 3.32. The minimum atomic E-state index is -0.221. The van der Waals surface area contributed by atoms with E-state index in [1.54, 1.807) is 11.8 Å². The average Bonchev–Trinajstić information content (AvgIpc) is 2.35. The van der Waals surface area contributed by atoms with Crippen LogP contribution < -0.4 is 0 Å². The van der Waals surface area contributed by atoms with Gasteiger partial charge in [0.05, 0.1) is 6.10 Å². The summed E-state index contributed by atoms with van der Waals surface area (Å²) in [5.41, 5.74) is 2.48. The minimum absolute atomic E-state index is 0.221. The molecule has 3 heteroatoms. The molecule has 88 valence electrons. The van der Waals surface area contributed by atoms with Crippen molar-refractivity contribution in [1.82, 2.24) is 4.98 Å². The molecule has 2 unspecified atom stereocenters. The van der Waals surface area contributed by atoms with Crippen LogP contribution in [0.25, 0.3) is 0 Å². The smallest absolute Gasteiger partial charge is 0.0631 e. The summed E-state index contributed by atoms with van der Waals surface area (Å²) in [6.07, 6.45) is 7.97. The number of aromatic nitrogens is 1. The van der Waals surface area contributed by atoms with Crippen molar-refractivity contribution in [3.63, 3.8) is 0 Å². The summed E-state index contributed by atoms with van der Waals surface area (Å²) in [6.45, 7) is 0. The number of aliphatic hydroxyl groups is 1. The Morgan fingerprint density at radius 1 is 1.62 bits per heavy atom. The molecule has 0 fully saturated rings. The highest BCUT2D eigenvalue weighted by atomic mass is 32.2. The predicted molar refractivity (Wildman–Crippen MR) is 68.9 cm³/mol. The van der Waals surface area contributed by atoms with E-state index in [1.807, 2.05) is 12.3 Å². The fraction of sp³-hybridized carbons (Fsp3) is 0.615. The van der Waals surface area contributed by atoms with Crippen LogP contribution in [0.4, 0.5) is 0 Å². The molecule has 0 radical (unpaired) electrons. The van der Waals surface area contributed by atoms with Gasteiger partial charge in [-0.2, -0.15) is 11.8 Å². The molecular weight excluding hydrogens is 218 g/mol. The second-order valence-electron chi connectivity index (χ2n) is 4.40. The number of thioether (sulfide) groups is 1. The highest BCUT2D eigenvalue weighted by Crippen LogP contribution is 2.33. The van der Waals surface area contributed by atoms with Crippen LogP contribution in [0, 0.1) is 0 Å². The lowest BCUT2D eigenvalue weighted by atomic mass is 9.82. The summed E-state index contributed by atoms with van der Waals surface area (Å²) in [7, 11) is 0. The van der Waals surface area contributed by atoms with E-state index >= 15 is 0 Å². The zero-order valence-electron chi connectivity index (χ0n) is 9.72. The SMILES string of the molecule is CSCCC(O)C1CCCc2cccnc21. The van der Waals surface area contributed by atoms with Gasteiger partial charge in [-0.3, -0.25) is 4.98 Å². The number of hydrogen-bond donors (Lipinski definition) is 1. The Labute approximate surface area is 101 Å². The van der Waals surface area contributed by atoms with Gasteiger partial charge in [-0.1, -0.05) is 6.07 Å². The zero-order chi connectivity index (χ0) is 11.4. The zero-order valence-corrected chi connectivity index (χ0v) is 10.5. The summed E-state index contributed by atoms with van der Waals surface area (Å²) >= 11 is 1.79. The molecule has 1 aliphatic carbocycles. The Balaban J connectivity index is 2.12. The van der Waals surface area contributed by atoms with Crippen molar-refractivity contribution in [1.29, 1.82) is 0 Å². The first kappa shape index (κ1) is 11.9. The standard InChI is InChI=1S/C13H19NOS/c1-16-9-7-12(15)11-6-2-4-10-5-3-8-14-13(10)11/h3,5,8,11-12,15H,2,4,6-7,9H2,1H3. The third kappa shape index (κ3) is 2.58. The molecule has 0 spiro atoms. The van der Waals surface area contributed by atoms with Crippen molar-refractivity contribution in [2.24, 2.45) is 0 Å². The molecule has 0 saturated heterocycles. The van der Waals surface area contributed by atoms with Crippen LogP contribution in [0.3, 0.4) is 0 Å². The van der Waals surface area contributed by atoms with Crippen LogP contribution in [-0.2, 0) is 6.42 Å². The highest BCUT2D eigenvalue weighted by molar-refractivity contribution is 7.98. The summed E-state index contributed by atoms with van der Waals surface area (Å²) in [5, 5.41) is 10.2. The predicted octanol–water partition coefficient (Wildman–Crippen LogP) is 2.62. The van der Waals surface area contributed by atoms with Crippen molar-refractivity contribution in [3.05, 3.63) is 29.6 Å². The molecule has 1 aromatic heterocycles. The Hall–Kier alpha value is -0.540. The molecule has 0 aromatic carbocycles. The van der Waals surface area contributed by atoms with Crippen LogP contribution in [0.15, 0.2) is 18.3 Å². The van der Waals surface area contributed by atoms with Crippen molar-refractivity contribution in [2.45, 2.75) is 37.7 Å². The third-order valence-corrected chi connectivity index (χ3v) is 3.96. The molecule has 1 heterocycles. The molecule has 0 bridgehead atoms. The molecule has 2 rings (SSSR count). The van der Waals surface area contributed by atoms with E-state index < -0.39 is 0 Å². The van der Waals surface area contributed by atoms with Gasteiger partial charge in [-0.25, -0.2) is 0 Å². The second-order valence-corrected chi connectivity index (χ2v) is 5.38. The van der Waals surface area contributed by atoms with E-state index in [0.29, 0.717) is 0 Å². The monoisotopic (exact) mass is 237 g/mol. The van der Waals surface area contributed by atoms with Crippen molar-refractivity contribution in [3.8, 4) is 0 Å². The quantitative estimate of drug-likeness (QED) is 0.874. The maximum Gasteiger partial charge on any atom is 0.0631 e. The van der Waals surface area contributed by atoms with Gasteiger partial charge < -0.3 is 5.11 Å². The maximum absolute atomic E-state index is 10.2. The molecule has 1 N–H and O–H groups in total. The number of fused-ring (bicyclic) bond motifs is 1. The van der Waals surface area contributed by atoms with Gasteiger partial charge in [0.1, 0.15) is 0 Å². The molecule has 0 saturated carbocycles. The number of hydrogen-bond acceptors (Lipinski definition) is 3. The first-order valence-electron chi connectivity index (χ1n) is 5.93. The largest absolute Gasteiger partial charge is 0.392 e. The maximum atomic E-state index is 10.2. The van der Waals surface area contributed by atoms with Gasteiger partial charge in [0, 0.05) is 17.8 Å². The topological polar surface area (TPSA) is 33.1 Å². The van der Waals surface area contributed by atoms with E-state index in [4.69, 9.17) is 0 Å². The van der Waals surface area contributed by atoms with Crippen LogP contribution >= 0.6 is 11.8 Å². The lowest BCUT2D eigenvalue weighted by Gasteiger charge is -2.28.